The van der Waals surface area contributed by atoms with Gasteiger partial charge in [0.2, 0.25) is 0 Å². The van der Waals surface area contributed by atoms with Gasteiger partial charge in [0, 0.05) is 5.02 Å². The Kier molecular flexibility index (Phi) is 5.84. The number of rotatable bonds is 7. The summed E-state index contributed by atoms with van der Waals surface area (Å²) in [6.45, 7) is 2.23. The molecule has 0 saturated heterocycles. The van der Waals surface area contributed by atoms with Crippen LogP contribution in [0.5, 0.6) is 5.75 Å². The van der Waals surface area contributed by atoms with Crippen molar-refractivity contribution < 1.29 is 14.6 Å². The van der Waals surface area contributed by atoms with Gasteiger partial charge >= 0.3 is 5.97 Å². The molecule has 0 saturated carbocycles. The second-order valence-electron chi connectivity index (χ2n) is 3.95. The van der Waals surface area contributed by atoms with Crippen LogP contribution < -0.4 is 4.74 Å². The van der Waals surface area contributed by atoms with Crippen LogP contribution >= 0.6 is 11.6 Å². The summed E-state index contributed by atoms with van der Waals surface area (Å²) >= 11 is 5.81. The van der Waals surface area contributed by atoms with Gasteiger partial charge in [0.1, 0.15) is 12.4 Å². The van der Waals surface area contributed by atoms with E-state index in [-0.39, 0.29) is 6.61 Å². The van der Waals surface area contributed by atoms with E-state index in [9.17, 15) is 4.79 Å². The summed E-state index contributed by atoms with van der Waals surface area (Å²) in [6.07, 6.45) is 2.53. The number of hydrogen-bond donors (Lipinski definition) is 1. The maximum atomic E-state index is 11.0. The van der Waals surface area contributed by atoms with Crippen LogP contribution in [0.4, 0.5) is 0 Å². The molecule has 1 unspecified atom stereocenters. The Bertz CT molecular complexity index is 365. The smallest absolute Gasteiger partial charge is 0.309 e. The van der Waals surface area contributed by atoms with Crippen LogP contribution in [0.2, 0.25) is 5.02 Å². The molecular formula is C13H17ClO3. The lowest BCUT2D eigenvalue weighted by Gasteiger charge is -2.13. The van der Waals surface area contributed by atoms with Crippen molar-refractivity contribution >= 4 is 17.6 Å². The summed E-state index contributed by atoms with van der Waals surface area (Å²) in [6, 6.07) is 6.98. The molecule has 17 heavy (non-hydrogen) atoms. The predicted molar refractivity (Wildman–Crippen MR) is 67.6 cm³/mol. The van der Waals surface area contributed by atoms with E-state index in [0.29, 0.717) is 17.2 Å². The number of halogens is 1. The molecule has 4 heteroatoms. The van der Waals surface area contributed by atoms with E-state index < -0.39 is 11.9 Å². The minimum absolute atomic E-state index is 0.190. The monoisotopic (exact) mass is 256 g/mol. The molecule has 0 aliphatic carbocycles. The molecule has 0 aliphatic heterocycles. The molecule has 0 heterocycles. The van der Waals surface area contributed by atoms with Gasteiger partial charge in [0.25, 0.3) is 0 Å². The molecule has 94 valence electrons. The zero-order valence-electron chi connectivity index (χ0n) is 9.86. The number of carboxylic acids is 1. The van der Waals surface area contributed by atoms with E-state index in [4.69, 9.17) is 21.4 Å². The molecule has 0 bridgehead atoms. The molecule has 3 nitrogen and oxygen atoms in total. The third kappa shape index (κ3) is 5.09. The minimum atomic E-state index is -0.805. The van der Waals surface area contributed by atoms with Crippen molar-refractivity contribution in [2.45, 2.75) is 26.2 Å². The molecule has 0 fully saturated rings. The molecule has 0 aliphatic rings. The quantitative estimate of drug-likeness (QED) is 0.811. The van der Waals surface area contributed by atoms with Crippen LogP contribution in [0.3, 0.4) is 0 Å². The highest BCUT2D eigenvalue weighted by Gasteiger charge is 2.17. The number of carbonyl (C=O) groups is 1. The van der Waals surface area contributed by atoms with E-state index in [1.807, 2.05) is 6.92 Å². The van der Waals surface area contributed by atoms with Gasteiger partial charge in [-0.15, -0.1) is 0 Å². The van der Waals surface area contributed by atoms with Crippen LogP contribution in [0.1, 0.15) is 26.2 Å². The minimum Gasteiger partial charge on any atom is -0.493 e. The third-order valence-corrected chi connectivity index (χ3v) is 2.74. The first-order chi connectivity index (χ1) is 8.13. The first kappa shape index (κ1) is 13.8. The molecule has 0 amide bonds. The summed E-state index contributed by atoms with van der Waals surface area (Å²) in [5.74, 6) is -0.644. The van der Waals surface area contributed by atoms with Crippen molar-refractivity contribution in [1.82, 2.24) is 0 Å². The number of ether oxygens (including phenoxy) is 1. The Labute approximate surface area is 106 Å². The van der Waals surface area contributed by atoms with Crippen molar-refractivity contribution in [3.63, 3.8) is 0 Å². The highest BCUT2D eigenvalue weighted by Crippen LogP contribution is 2.19. The van der Waals surface area contributed by atoms with Crippen molar-refractivity contribution in [1.29, 1.82) is 0 Å². The van der Waals surface area contributed by atoms with Crippen LogP contribution in [-0.2, 0) is 4.79 Å². The molecule has 0 spiro atoms. The molecule has 1 atom stereocenters. The van der Waals surface area contributed by atoms with E-state index in [0.717, 1.165) is 12.8 Å². The summed E-state index contributed by atoms with van der Waals surface area (Å²) in [5, 5.41) is 9.61. The lowest BCUT2D eigenvalue weighted by Crippen LogP contribution is -2.21. The lowest BCUT2D eigenvalue weighted by molar-refractivity contribution is -0.143. The average Bonchev–Trinajstić information content (AvgIpc) is 2.28. The van der Waals surface area contributed by atoms with Crippen molar-refractivity contribution in [3.8, 4) is 5.75 Å². The van der Waals surface area contributed by atoms with E-state index in [1.165, 1.54) is 0 Å². The van der Waals surface area contributed by atoms with Gasteiger partial charge in [0.05, 0.1) is 5.92 Å². The fraction of sp³-hybridized carbons (Fsp3) is 0.462. The lowest BCUT2D eigenvalue weighted by atomic mass is 10.0. The van der Waals surface area contributed by atoms with Gasteiger partial charge in [-0.25, -0.2) is 0 Å². The maximum Gasteiger partial charge on any atom is 0.309 e. The SMILES string of the molecule is CCCCC(COc1cccc(Cl)c1)C(=O)O. The normalized spacial score (nSPS) is 12.1. The molecule has 1 rings (SSSR count). The molecule has 1 N–H and O–H groups in total. The summed E-state index contributed by atoms with van der Waals surface area (Å²) in [4.78, 5) is 11.0. The second kappa shape index (κ2) is 7.17. The molecule has 1 aromatic carbocycles. The largest absolute Gasteiger partial charge is 0.493 e. The topological polar surface area (TPSA) is 46.5 Å². The summed E-state index contributed by atoms with van der Waals surface area (Å²) in [5.41, 5.74) is 0. The van der Waals surface area contributed by atoms with Crippen LogP contribution in [0.15, 0.2) is 24.3 Å². The predicted octanol–water partition coefficient (Wildman–Crippen LogP) is 3.61. The van der Waals surface area contributed by atoms with Gasteiger partial charge in [0.15, 0.2) is 0 Å². The Morgan fingerprint density at radius 3 is 2.88 bits per heavy atom. The summed E-state index contributed by atoms with van der Waals surface area (Å²) in [7, 11) is 0. The molecule has 0 aromatic heterocycles. The van der Waals surface area contributed by atoms with E-state index in [2.05, 4.69) is 0 Å². The number of carboxylic acid groups (broad SMARTS) is 1. The average molecular weight is 257 g/mol. The van der Waals surface area contributed by atoms with Crippen molar-refractivity contribution in [2.75, 3.05) is 6.61 Å². The fourth-order valence-corrected chi connectivity index (χ4v) is 1.66. The standard InChI is InChI=1S/C13H17ClO3/c1-2-3-5-10(13(15)16)9-17-12-7-4-6-11(14)8-12/h4,6-8,10H,2-3,5,9H2,1H3,(H,15,16). The number of hydrogen-bond acceptors (Lipinski definition) is 2. The highest BCUT2D eigenvalue weighted by molar-refractivity contribution is 6.30. The van der Waals surface area contributed by atoms with E-state index >= 15 is 0 Å². The Morgan fingerprint density at radius 1 is 1.53 bits per heavy atom. The third-order valence-electron chi connectivity index (χ3n) is 2.50. The summed E-state index contributed by atoms with van der Waals surface area (Å²) < 4.78 is 5.44. The van der Waals surface area contributed by atoms with Gasteiger partial charge < -0.3 is 9.84 Å². The van der Waals surface area contributed by atoms with Gasteiger partial charge in [-0.05, 0) is 24.6 Å². The van der Waals surface area contributed by atoms with Gasteiger partial charge in [-0.2, -0.15) is 0 Å². The number of aliphatic carboxylic acids is 1. The maximum absolute atomic E-state index is 11.0. The highest BCUT2D eigenvalue weighted by atomic mass is 35.5. The van der Waals surface area contributed by atoms with Crippen LogP contribution in [-0.4, -0.2) is 17.7 Å². The molecule has 0 radical (unpaired) electrons. The van der Waals surface area contributed by atoms with E-state index in [1.54, 1.807) is 24.3 Å². The van der Waals surface area contributed by atoms with Crippen molar-refractivity contribution in [3.05, 3.63) is 29.3 Å². The number of unbranched alkanes of at least 4 members (excludes halogenated alkanes) is 1. The molecular weight excluding hydrogens is 240 g/mol. The Balaban J connectivity index is 2.48. The fourth-order valence-electron chi connectivity index (χ4n) is 1.48. The Morgan fingerprint density at radius 2 is 2.29 bits per heavy atom. The van der Waals surface area contributed by atoms with Crippen LogP contribution in [0, 0.1) is 5.92 Å². The zero-order valence-corrected chi connectivity index (χ0v) is 10.6. The first-order valence-electron chi connectivity index (χ1n) is 5.74. The van der Waals surface area contributed by atoms with Crippen molar-refractivity contribution in [2.24, 2.45) is 5.92 Å². The first-order valence-corrected chi connectivity index (χ1v) is 6.12. The number of benzene rings is 1. The molecule has 1 aromatic rings. The van der Waals surface area contributed by atoms with Gasteiger partial charge in [-0.1, -0.05) is 37.4 Å². The van der Waals surface area contributed by atoms with Crippen LogP contribution in [0.25, 0.3) is 0 Å². The van der Waals surface area contributed by atoms with Gasteiger partial charge in [-0.3, -0.25) is 4.79 Å². The second-order valence-corrected chi connectivity index (χ2v) is 4.38. The zero-order chi connectivity index (χ0) is 12.7. The Hall–Kier alpha value is -1.22.